The zero-order valence-corrected chi connectivity index (χ0v) is 16.7. The van der Waals surface area contributed by atoms with Crippen LogP contribution in [0.4, 0.5) is 23.7 Å². The normalized spacial score (nSPS) is 17.4. The summed E-state index contributed by atoms with van der Waals surface area (Å²) < 4.78 is 70.6. The number of benzene rings is 1. The monoisotopic (exact) mass is 454 g/mol. The smallest absolute Gasteiger partial charge is 0.415 e. The minimum atomic E-state index is -4.59. The van der Waals surface area contributed by atoms with Crippen molar-refractivity contribution in [3.63, 3.8) is 0 Å². The molecular formula is C16H14ClF3N2O4S2. The summed E-state index contributed by atoms with van der Waals surface area (Å²) >= 11 is 6.65. The number of ether oxygens (including phenoxy) is 1. The maximum atomic E-state index is 12.8. The first-order valence-electron chi connectivity index (χ1n) is 7.89. The van der Waals surface area contributed by atoms with Gasteiger partial charge in [0.05, 0.1) is 10.0 Å². The van der Waals surface area contributed by atoms with Crippen LogP contribution in [-0.4, -0.2) is 27.2 Å². The summed E-state index contributed by atoms with van der Waals surface area (Å²) in [6.45, 7) is -0.0367. The molecule has 1 unspecified atom stereocenters. The van der Waals surface area contributed by atoms with Gasteiger partial charge in [-0.05, 0) is 36.8 Å². The van der Waals surface area contributed by atoms with E-state index in [-0.39, 0.29) is 16.4 Å². The van der Waals surface area contributed by atoms with E-state index in [1.54, 1.807) is 0 Å². The number of halogens is 4. The number of thiophene rings is 1. The molecule has 2 aromatic rings. The van der Waals surface area contributed by atoms with Gasteiger partial charge in [0.15, 0.2) is 0 Å². The molecular weight excluding hydrogens is 441 g/mol. The Hall–Kier alpha value is -1.82. The third-order valence-corrected chi connectivity index (χ3v) is 7.06. The van der Waals surface area contributed by atoms with Crippen molar-refractivity contribution in [3.8, 4) is 0 Å². The van der Waals surface area contributed by atoms with Crippen LogP contribution in [0, 0.1) is 0 Å². The number of fused-ring (bicyclic) bond motifs is 1. The van der Waals surface area contributed by atoms with Gasteiger partial charge in [-0.15, -0.1) is 11.3 Å². The Morgan fingerprint density at radius 1 is 1.29 bits per heavy atom. The van der Waals surface area contributed by atoms with E-state index >= 15 is 0 Å². The fourth-order valence-corrected chi connectivity index (χ4v) is 5.23. The number of anilines is 1. The van der Waals surface area contributed by atoms with Gasteiger partial charge < -0.3 is 4.74 Å². The lowest BCUT2D eigenvalue weighted by atomic mass is 10.0. The molecule has 2 heterocycles. The second-order valence-electron chi connectivity index (χ2n) is 6.00. The van der Waals surface area contributed by atoms with Gasteiger partial charge in [0, 0.05) is 12.1 Å². The van der Waals surface area contributed by atoms with Crippen molar-refractivity contribution in [2.45, 2.75) is 30.0 Å². The van der Waals surface area contributed by atoms with Gasteiger partial charge in [-0.2, -0.15) is 13.2 Å². The van der Waals surface area contributed by atoms with Crippen molar-refractivity contribution < 1.29 is 31.1 Å². The van der Waals surface area contributed by atoms with Crippen molar-refractivity contribution >= 4 is 44.7 Å². The number of hydrogen-bond acceptors (Lipinski definition) is 5. The number of carbonyl (C=O) groups is 1. The number of alkyl halides is 3. The highest BCUT2D eigenvalue weighted by molar-refractivity contribution is 7.91. The lowest BCUT2D eigenvalue weighted by Gasteiger charge is -2.33. The number of hydrogen-bond donors (Lipinski definition) is 1. The van der Waals surface area contributed by atoms with Gasteiger partial charge in [-0.25, -0.2) is 17.9 Å². The molecule has 0 radical (unpaired) electrons. The first kappa shape index (κ1) is 20.9. The maximum absolute atomic E-state index is 12.8. The third kappa shape index (κ3) is 4.59. The minimum Gasteiger partial charge on any atom is -0.441 e. The van der Waals surface area contributed by atoms with Gasteiger partial charge in [0.2, 0.25) is 10.0 Å². The first-order chi connectivity index (χ1) is 13.0. The summed E-state index contributed by atoms with van der Waals surface area (Å²) in [5.41, 5.74) is 0.944. The lowest BCUT2D eigenvalue weighted by molar-refractivity contribution is -0.119. The van der Waals surface area contributed by atoms with Gasteiger partial charge in [0.1, 0.15) is 16.9 Å². The van der Waals surface area contributed by atoms with Gasteiger partial charge in [-0.1, -0.05) is 17.7 Å². The molecule has 0 bridgehead atoms. The Bertz CT molecular complexity index is 1010. The first-order valence-corrected chi connectivity index (χ1v) is 10.6. The van der Waals surface area contributed by atoms with E-state index in [1.165, 1.54) is 37.3 Å². The van der Waals surface area contributed by atoms with E-state index in [9.17, 15) is 26.4 Å². The topological polar surface area (TPSA) is 75.7 Å². The van der Waals surface area contributed by atoms with Gasteiger partial charge >= 0.3 is 12.3 Å². The van der Waals surface area contributed by atoms with E-state index < -0.39 is 34.9 Å². The lowest BCUT2D eigenvalue weighted by Crippen LogP contribution is -2.43. The molecule has 0 saturated carbocycles. The molecule has 1 aromatic carbocycles. The summed E-state index contributed by atoms with van der Waals surface area (Å²) in [5.74, 6) is 0. The number of rotatable bonds is 5. The third-order valence-electron chi connectivity index (χ3n) is 3.94. The highest BCUT2D eigenvalue weighted by Gasteiger charge is 2.39. The molecule has 1 N–H and O–H groups in total. The fraction of sp³-hybridized carbons (Fsp3) is 0.312. The predicted molar refractivity (Wildman–Crippen MR) is 98.1 cm³/mol. The number of sulfonamides is 1. The summed E-state index contributed by atoms with van der Waals surface area (Å²) in [7, 11) is -3.78. The predicted octanol–water partition coefficient (Wildman–Crippen LogP) is 4.46. The minimum absolute atomic E-state index is 0.0501. The zero-order valence-electron chi connectivity index (χ0n) is 14.3. The van der Waals surface area contributed by atoms with E-state index in [0.717, 1.165) is 11.3 Å². The number of cyclic esters (lactones) is 1. The van der Waals surface area contributed by atoms with Gasteiger partial charge in [0.25, 0.3) is 0 Å². The van der Waals surface area contributed by atoms with Crippen LogP contribution < -0.4 is 9.62 Å². The van der Waals surface area contributed by atoms with E-state index in [1.807, 2.05) is 0 Å². The van der Waals surface area contributed by atoms with Crippen LogP contribution in [0.5, 0.6) is 0 Å². The highest BCUT2D eigenvalue weighted by Crippen LogP contribution is 2.37. The van der Waals surface area contributed by atoms with Crippen LogP contribution in [0.1, 0.15) is 24.2 Å². The van der Waals surface area contributed by atoms with E-state index in [4.69, 9.17) is 16.3 Å². The Morgan fingerprint density at radius 2 is 2.00 bits per heavy atom. The Morgan fingerprint density at radius 3 is 2.61 bits per heavy atom. The molecule has 1 aliphatic rings. The molecule has 0 aliphatic carbocycles. The number of nitrogens with zero attached hydrogens (tertiary/aromatic N) is 1. The SMILES string of the molecule is CC1OC(=O)N(CC(F)(F)F)c2ccc(CNS(=O)(=O)c3ccc(Cl)s3)cc21. The molecule has 1 amide bonds. The summed E-state index contributed by atoms with van der Waals surface area (Å²) in [6.07, 6.45) is -6.44. The number of nitrogens with one attached hydrogen (secondary N) is 1. The Balaban J connectivity index is 1.82. The van der Waals surface area contributed by atoms with Crippen LogP contribution >= 0.6 is 22.9 Å². The molecule has 0 saturated heterocycles. The highest BCUT2D eigenvalue weighted by atomic mass is 35.5. The molecule has 6 nitrogen and oxygen atoms in total. The summed E-state index contributed by atoms with van der Waals surface area (Å²) in [6, 6.07) is 7.16. The fourth-order valence-electron chi connectivity index (χ4n) is 2.68. The second-order valence-corrected chi connectivity index (χ2v) is 9.71. The molecule has 152 valence electrons. The molecule has 3 rings (SSSR count). The van der Waals surface area contributed by atoms with E-state index in [0.29, 0.717) is 20.4 Å². The Kier molecular flexibility index (Phi) is 5.63. The van der Waals surface area contributed by atoms with Crippen molar-refractivity contribution in [3.05, 3.63) is 45.8 Å². The molecule has 1 atom stereocenters. The second kappa shape index (κ2) is 7.54. The Labute approximate surface area is 167 Å². The number of carbonyl (C=O) groups excluding carboxylic acids is 1. The van der Waals surface area contributed by atoms with Crippen LogP contribution in [0.2, 0.25) is 4.34 Å². The van der Waals surface area contributed by atoms with Crippen LogP contribution in [0.25, 0.3) is 0 Å². The van der Waals surface area contributed by atoms with Crippen molar-refractivity contribution in [1.82, 2.24) is 4.72 Å². The average molecular weight is 455 g/mol. The molecule has 28 heavy (non-hydrogen) atoms. The van der Waals surface area contributed by atoms with Crippen LogP contribution in [-0.2, 0) is 21.3 Å². The largest absolute Gasteiger partial charge is 0.441 e. The summed E-state index contributed by atoms with van der Waals surface area (Å²) in [5, 5.41) is 0. The molecule has 1 aromatic heterocycles. The summed E-state index contributed by atoms with van der Waals surface area (Å²) in [4.78, 5) is 12.4. The quantitative estimate of drug-likeness (QED) is 0.723. The average Bonchev–Trinajstić information content (AvgIpc) is 3.03. The van der Waals surface area contributed by atoms with Crippen molar-refractivity contribution in [2.75, 3.05) is 11.4 Å². The maximum Gasteiger partial charge on any atom is 0.415 e. The van der Waals surface area contributed by atoms with Crippen molar-refractivity contribution in [2.24, 2.45) is 0 Å². The zero-order chi connectivity index (χ0) is 20.7. The molecule has 0 spiro atoms. The standard InChI is InChI=1S/C16H14ClF3N2O4S2/c1-9-11-6-10(7-21-28(24,25)14-5-4-13(17)27-14)2-3-12(11)22(15(23)26-9)8-16(18,19)20/h2-6,9,21H,7-8H2,1H3. The molecule has 1 aliphatic heterocycles. The van der Waals surface area contributed by atoms with Crippen molar-refractivity contribution in [1.29, 1.82) is 0 Å². The van der Waals surface area contributed by atoms with E-state index in [2.05, 4.69) is 4.72 Å². The molecule has 12 heteroatoms. The number of amides is 1. The van der Waals surface area contributed by atoms with Crippen LogP contribution in [0.15, 0.2) is 34.5 Å². The molecule has 0 fully saturated rings. The van der Waals surface area contributed by atoms with Gasteiger partial charge in [-0.3, -0.25) is 4.90 Å². The van der Waals surface area contributed by atoms with Crippen LogP contribution in [0.3, 0.4) is 0 Å².